The maximum absolute atomic E-state index is 13.1. The number of amides is 1. The number of aliphatic carboxylic acids is 1. The molecule has 0 radical (unpaired) electrons. The molecule has 1 aliphatic rings. The number of likely N-dealkylation sites (tertiary alicyclic amines) is 1. The van der Waals surface area contributed by atoms with Gasteiger partial charge >= 0.3 is 5.97 Å². The maximum atomic E-state index is 13.1. The molecule has 1 aliphatic heterocycles. The quantitative estimate of drug-likeness (QED) is 0.805. The lowest BCUT2D eigenvalue weighted by atomic mass is 9.96. The van der Waals surface area contributed by atoms with E-state index in [4.69, 9.17) is 0 Å². The molecule has 0 aliphatic carbocycles. The van der Waals surface area contributed by atoms with Crippen LogP contribution in [-0.4, -0.2) is 41.0 Å². The molecule has 2 atom stereocenters. The average molecular weight is 373 g/mol. The molecule has 0 saturated carbocycles. The molecule has 1 fully saturated rings. The lowest BCUT2D eigenvalue weighted by molar-refractivity contribution is -0.145. The molecular formula is C18H26ClFN2O3. The smallest absolute Gasteiger partial charge is 0.320 e. The summed E-state index contributed by atoms with van der Waals surface area (Å²) in [4.78, 5) is 25.5. The Bertz CT molecular complexity index is 580. The van der Waals surface area contributed by atoms with Crippen LogP contribution in [0.1, 0.15) is 44.7 Å². The number of nitrogens with zero attached hydrogens (tertiary/aromatic N) is 1. The Hall–Kier alpha value is -1.66. The molecule has 1 aromatic rings. The van der Waals surface area contributed by atoms with E-state index in [-0.39, 0.29) is 42.6 Å². The van der Waals surface area contributed by atoms with E-state index in [0.717, 1.165) is 18.4 Å². The summed E-state index contributed by atoms with van der Waals surface area (Å²) in [6.45, 7) is 4.65. The highest BCUT2D eigenvalue weighted by molar-refractivity contribution is 5.85. The summed E-state index contributed by atoms with van der Waals surface area (Å²) in [6.07, 6.45) is 2.36. The Labute approximate surface area is 154 Å². The topological polar surface area (TPSA) is 69.6 Å². The van der Waals surface area contributed by atoms with E-state index >= 15 is 0 Å². The van der Waals surface area contributed by atoms with Crippen molar-refractivity contribution < 1.29 is 19.1 Å². The van der Waals surface area contributed by atoms with Crippen LogP contribution in [0, 0.1) is 11.7 Å². The normalized spacial score (nSPS) is 19.1. The van der Waals surface area contributed by atoms with Crippen molar-refractivity contribution in [2.45, 2.75) is 45.2 Å². The van der Waals surface area contributed by atoms with Gasteiger partial charge < -0.3 is 10.4 Å². The van der Waals surface area contributed by atoms with E-state index in [1.54, 1.807) is 17.0 Å². The van der Waals surface area contributed by atoms with Gasteiger partial charge in [-0.3, -0.25) is 14.5 Å². The number of hydrogen-bond donors (Lipinski definition) is 2. The molecule has 1 heterocycles. The maximum Gasteiger partial charge on any atom is 0.320 e. The average Bonchev–Trinajstić information content (AvgIpc) is 2.53. The molecule has 1 amide bonds. The predicted molar refractivity (Wildman–Crippen MR) is 96.2 cm³/mol. The molecular weight excluding hydrogens is 347 g/mol. The first-order valence-electron chi connectivity index (χ1n) is 8.40. The molecule has 2 rings (SSSR count). The van der Waals surface area contributed by atoms with Crippen molar-refractivity contribution in [3.8, 4) is 0 Å². The molecule has 5 nitrogen and oxygen atoms in total. The summed E-state index contributed by atoms with van der Waals surface area (Å²) in [7, 11) is 0. The van der Waals surface area contributed by atoms with Crippen LogP contribution in [0.2, 0.25) is 0 Å². The Morgan fingerprint density at radius 3 is 2.48 bits per heavy atom. The molecule has 140 valence electrons. The Morgan fingerprint density at radius 2 is 1.92 bits per heavy atom. The van der Waals surface area contributed by atoms with Crippen molar-refractivity contribution >= 4 is 24.3 Å². The molecule has 1 aromatic carbocycles. The minimum absolute atomic E-state index is 0. The fraction of sp³-hybridized carbons (Fsp3) is 0.556. The molecule has 0 aromatic heterocycles. The minimum atomic E-state index is -0.874. The molecule has 0 bridgehead atoms. The number of carboxylic acids is 1. The van der Waals surface area contributed by atoms with Gasteiger partial charge in [-0.1, -0.05) is 32.4 Å². The third-order valence-corrected chi connectivity index (χ3v) is 4.46. The number of rotatable bonds is 6. The third kappa shape index (κ3) is 5.97. The number of hydrogen-bond acceptors (Lipinski definition) is 3. The summed E-state index contributed by atoms with van der Waals surface area (Å²) < 4.78 is 13.1. The monoisotopic (exact) mass is 372 g/mol. The van der Waals surface area contributed by atoms with Crippen LogP contribution in [0.25, 0.3) is 0 Å². The van der Waals surface area contributed by atoms with E-state index in [1.807, 2.05) is 13.8 Å². The van der Waals surface area contributed by atoms with Gasteiger partial charge in [0, 0.05) is 0 Å². The Balaban J connectivity index is 0.00000312. The Morgan fingerprint density at radius 1 is 1.28 bits per heavy atom. The van der Waals surface area contributed by atoms with Crippen LogP contribution < -0.4 is 5.32 Å². The van der Waals surface area contributed by atoms with Crippen molar-refractivity contribution in [3.63, 3.8) is 0 Å². The fourth-order valence-electron chi connectivity index (χ4n) is 3.17. The fourth-order valence-corrected chi connectivity index (χ4v) is 3.17. The largest absolute Gasteiger partial charge is 0.480 e. The van der Waals surface area contributed by atoms with Crippen LogP contribution in [0.15, 0.2) is 24.3 Å². The second kappa shape index (κ2) is 9.73. The number of nitrogens with one attached hydrogen (secondary N) is 1. The standard InChI is InChI=1S/C18H25FN2O3.ClH/c1-12(2)17(13-6-8-14(19)9-7-13)20-16(22)11-21-10-4-3-5-15(21)18(23)24;/h6-9,12,15,17H,3-5,10-11H2,1-2H3,(H,20,22)(H,23,24);1H. The number of carbonyl (C=O) groups is 2. The molecule has 0 spiro atoms. The van der Waals surface area contributed by atoms with Crippen molar-refractivity contribution in [3.05, 3.63) is 35.6 Å². The van der Waals surface area contributed by atoms with Crippen LogP contribution in [-0.2, 0) is 9.59 Å². The number of piperidine rings is 1. The first-order chi connectivity index (χ1) is 11.4. The van der Waals surface area contributed by atoms with Gasteiger partial charge in [-0.15, -0.1) is 12.4 Å². The zero-order chi connectivity index (χ0) is 17.7. The minimum Gasteiger partial charge on any atom is -0.480 e. The second-order valence-corrected chi connectivity index (χ2v) is 6.66. The van der Waals surface area contributed by atoms with Crippen molar-refractivity contribution in [1.29, 1.82) is 0 Å². The van der Waals surface area contributed by atoms with Gasteiger partial charge in [-0.05, 0) is 43.0 Å². The van der Waals surface area contributed by atoms with Gasteiger partial charge in [0.15, 0.2) is 0 Å². The van der Waals surface area contributed by atoms with Crippen LogP contribution >= 0.6 is 12.4 Å². The van der Waals surface area contributed by atoms with E-state index in [0.29, 0.717) is 13.0 Å². The third-order valence-electron chi connectivity index (χ3n) is 4.46. The highest BCUT2D eigenvalue weighted by Gasteiger charge is 2.30. The summed E-state index contributed by atoms with van der Waals surface area (Å²) >= 11 is 0. The number of halogens is 2. The van der Waals surface area contributed by atoms with Gasteiger partial charge in [0.25, 0.3) is 0 Å². The van der Waals surface area contributed by atoms with E-state index in [2.05, 4.69) is 5.32 Å². The van der Waals surface area contributed by atoms with Crippen molar-refractivity contribution in [1.82, 2.24) is 10.2 Å². The van der Waals surface area contributed by atoms with Gasteiger partial charge in [-0.2, -0.15) is 0 Å². The van der Waals surface area contributed by atoms with Crippen LogP contribution in [0.3, 0.4) is 0 Å². The molecule has 1 saturated heterocycles. The zero-order valence-electron chi connectivity index (χ0n) is 14.6. The molecule has 2 N–H and O–H groups in total. The SMILES string of the molecule is CC(C)C(NC(=O)CN1CCCCC1C(=O)O)c1ccc(F)cc1.Cl. The van der Waals surface area contributed by atoms with Crippen molar-refractivity contribution in [2.75, 3.05) is 13.1 Å². The second-order valence-electron chi connectivity index (χ2n) is 6.66. The summed E-state index contributed by atoms with van der Waals surface area (Å²) in [5.41, 5.74) is 0.841. The van der Waals surface area contributed by atoms with Crippen LogP contribution in [0.4, 0.5) is 4.39 Å². The number of carboxylic acid groups (broad SMARTS) is 1. The molecule has 25 heavy (non-hydrogen) atoms. The number of benzene rings is 1. The van der Waals surface area contributed by atoms with Gasteiger partial charge in [0.05, 0.1) is 12.6 Å². The Kier molecular flexibility index (Phi) is 8.32. The molecule has 7 heteroatoms. The van der Waals surface area contributed by atoms with Gasteiger partial charge in [-0.25, -0.2) is 4.39 Å². The predicted octanol–water partition coefficient (Wildman–Crippen LogP) is 3.00. The van der Waals surface area contributed by atoms with E-state index in [1.165, 1.54) is 12.1 Å². The first kappa shape index (κ1) is 21.4. The summed E-state index contributed by atoms with van der Waals surface area (Å²) in [6, 6.07) is 5.27. The van der Waals surface area contributed by atoms with Crippen molar-refractivity contribution in [2.24, 2.45) is 5.92 Å². The first-order valence-corrected chi connectivity index (χ1v) is 8.40. The highest BCUT2D eigenvalue weighted by atomic mass is 35.5. The van der Waals surface area contributed by atoms with Gasteiger partial charge in [0.1, 0.15) is 11.9 Å². The summed E-state index contributed by atoms with van der Waals surface area (Å²) in [5, 5.41) is 12.2. The van der Waals surface area contributed by atoms with E-state index in [9.17, 15) is 19.1 Å². The lowest BCUT2D eigenvalue weighted by Crippen LogP contribution is -2.49. The summed E-state index contributed by atoms with van der Waals surface area (Å²) in [5.74, 6) is -1.26. The molecule has 2 unspecified atom stereocenters. The van der Waals surface area contributed by atoms with Gasteiger partial charge in [0.2, 0.25) is 5.91 Å². The van der Waals surface area contributed by atoms with E-state index < -0.39 is 12.0 Å². The van der Waals surface area contributed by atoms with Crippen LogP contribution in [0.5, 0.6) is 0 Å². The lowest BCUT2D eigenvalue weighted by Gasteiger charge is -2.33. The zero-order valence-corrected chi connectivity index (χ0v) is 15.4. The highest BCUT2D eigenvalue weighted by Crippen LogP contribution is 2.22. The number of carbonyl (C=O) groups excluding carboxylic acids is 1.